The summed E-state index contributed by atoms with van der Waals surface area (Å²) < 4.78 is 5.92. The first-order chi connectivity index (χ1) is 8.43. The number of H-pyrrole nitrogens is 1. The van der Waals surface area contributed by atoms with Gasteiger partial charge in [-0.15, -0.1) is 0 Å². The van der Waals surface area contributed by atoms with Gasteiger partial charge in [-0.05, 0) is 37.0 Å². The summed E-state index contributed by atoms with van der Waals surface area (Å²) in [6.07, 6.45) is 7.17. The molecular weight excluding hydrogens is 214 g/mol. The van der Waals surface area contributed by atoms with E-state index in [0.717, 1.165) is 24.2 Å². The lowest BCUT2D eigenvalue weighted by Crippen LogP contribution is -2.12. The maximum Gasteiger partial charge on any atom is 0.0997 e. The molecule has 88 valence electrons. The van der Waals surface area contributed by atoms with Gasteiger partial charge in [0.15, 0.2) is 0 Å². The molecule has 2 heterocycles. The number of hydrogen-bond donors (Lipinski definition) is 1. The SMILES string of the molecule is c1ccc(CO[C@H]2CCCc3cn[nH]c32)nc1. The molecule has 1 N–H and O–H groups in total. The topological polar surface area (TPSA) is 50.8 Å². The molecule has 2 aromatic rings. The highest BCUT2D eigenvalue weighted by Gasteiger charge is 2.22. The van der Waals surface area contributed by atoms with Gasteiger partial charge in [-0.3, -0.25) is 10.1 Å². The molecule has 0 amide bonds. The highest BCUT2D eigenvalue weighted by molar-refractivity contribution is 5.21. The van der Waals surface area contributed by atoms with Crippen molar-refractivity contribution in [3.8, 4) is 0 Å². The highest BCUT2D eigenvalue weighted by atomic mass is 16.5. The third-order valence-electron chi connectivity index (χ3n) is 3.14. The first-order valence-electron chi connectivity index (χ1n) is 5.97. The van der Waals surface area contributed by atoms with Crippen molar-refractivity contribution in [3.63, 3.8) is 0 Å². The molecule has 3 rings (SSSR count). The Balaban J connectivity index is 1.68. The van der Waals surface area contributed by atoms with Crippen molar-refractivity contribution in [2.75, 3.05) is 0 Å². The summed E-state index contributed by atoms with van der Waals surface area (Å²) in [5.41, 5.74) is 3.41. The first-order valence-corrected chi connectivity index (χ1v) is 5.97. The van der Waals surface area contributed by atoms with E-state index in [2.05, 4.69) is 15.2 Å². The van der Waals surface area contributed by atoms with Crippen LogP contribution < -0.4 is 0 Å². The van der Waals surface area contributed by atoms with Crippen LogP contribution in [0.4, 0.5) is 0 Å². The molecule has 1 atom stereocenters. The molecule has 0 saturated heterocycles. The minimum Gasteiger partial charge on any atom is -0.366 e. The van der Waals surface area contributed by atoms with Gasteiger partial charge in [-0.2, -0.15) is 5.10 Å². The zero-order valence-electron chi connectivity index (χ0n) is 9.60. The van der Waals surface area contributed by atoms with Crippen LogP contribution in [0.5, 0.6) is 0 Å². The van der Waals surface area contributed by atoms with Crippen LogP contribution in [0, 0.1) is 0 Å². The molecule has 0 bridgehead atoms. The van der Waals surface area contributed by atoms with Crippen LogP contribution in [-0.2, 0) is 17.8 Å². The lowest BCUT2D eigenvalue weighted by molar-refractivity contribution is 0.0237. The monoisotopic (exact) mass is 229 g/mol. The van der Waals surface area contributed by atoms with E-state index in [1.54, 1.807) is 6.20 Å². The quantitative estimate of drug-likeness (QED) is 0.879. The molecule has 1 aliphatic carbocycles. The summed E-state index contributed by atoms with van der Waals surface area (Å²) in [5.74, 6) is 0. The van der Waals surface area contributed by atoms with Gasteiger partial charge in [0.2, 0.25) is 0 Å². The zero-order valence-corrected chi connectivity index (χ0v) is 9.60. The maximum absolute atomic E-state index is 5.92. The number of pyridine rings is 1. The van der Waals surface area contributed by atoms with Gasteiger partial charge in [-0.25, -0.2) is 0 Å². The maximum atomic E-state index is 5.92. The van der Waals surface area contributed by atoms with Crippen molar-refractivity contribution in [2.45, 2.75) is 32.0 Å². The zero-order chi connectivity index (χ0) is 11.5. The van der Waals surface area contributed by atoms with Crippen LogP contribution >= 0.6 is 0 Å². The van der Waals surface area contributed by atoms with Crippen molar-refractivity contribution in [1.29, 1.82) is 0 Å². The largest absolute Gasteiger partial charge is 0.366 e. The van der Waals surface area contributed by atoms with E-state index in [-0.39, 0.29) is 6.10 Å². The van der Waals surface area contributed by atoms with Crippen LogP contribution in [0.25, 0.3) is 0 Å². The molecule has 0 saturated carbocycles. The standard InChI is InChI=1S/C13H15N3O/c1-2-7-14-11(5-1)9-17-12-6-3-4-10-8-15-16-13(10)12/h1-2,5,7-8,12H,3-4,6,9H2,(H,15,16)/t12-/m0/s1. The van der Waals surface area contributed by atoms with E-state index >= 15 is 0 Å². The minimum absolute atomic E-state index is 0.142. The molecule has 0 fully saturated rings. The second-order valence-corrected chi connectivity index (χ2v) is 4.32. The van der Waals surface area contributed by atoms with Gasteiger partial charge in [0, 0.05) is 6.20 Å². The van der Waals surface area contributed by atoms with E-state index in [1.807, 2.05) is 24.4 Å². The van der Waals surface area contributed by atoms with Gasteiger partial charge < -0.3 is 4.74 Å². The molecule has 0 spiro atoms. The van der Waals surface area contributed by atoms with Crippen LogP contribution in [0.2, 0.25) is 0 Å². The number of fused-ring (bicyclic) bond motifs is 1. The Labute approximate surface area is 100 Å². The fraction of sp³-hybridized carbons (Fsp3) is 0.385. The molecule has 1 aliphatic rings. The van der Waals surface area contributed by atoms with E-state index in [0.29, 0.717) is 6.61 Å². The number of nitrogens with zero attached hydrogens (tertiary/aromatic N) is 2. The normalized spacial score (nSPS) is 18.9. The van der Waals surface area contributed by atoms with Crippen LogP contribution in [-0.4, -0.2) is 15.2 Å². The Morgan fingerprint density at radius 1 is 1.41 bits per heavy atom. The minimum atomic E-state index is 0.142. The van der Waals surface area contributed by atoms with Crippen LogP contribution in [0.15, 0.2) is 30.6 Å². The van der Waals surface area contributed by atoms with Gasteiger partial charge in [0.25, 0.3) is 0 Å². The lowest BCUT2D eigenvalue weighted by Gasteiger charge is -2.21. The predicted molar refractivity (Wildman–Crippen MR) is 63.3 cm³/mol. The van der Waals surface area contributed by atoms with Crippen LogP contribution in [0.1, 0.15) is 35.9 Å². The molecule has 0 aliphatic heterocycles. The number of aryl methyl sites for hydroxylation is 1. The Morgan fingerprint density at radius 2 is 2.41 bits per heavy atom. The van der Waals surface area contributed by atoms with E-state index in [9.17, 15) is 0 Å². The van der Waals surface area contributed by atoms with E-state index in [1.165, 1.54) is 12.0 Å². The van der Waals surface area contributed by atoms with Crippen molar-refractivity contribution in [2.24, 2.45) is 0 Å². The number of rotatable bonds is 3. The molecular formula is C13H15N3O. The fourth-order valence-corrected chi connectivity index (χ4v) is 2.26. The highest BCUT2D eigenvalue weighted by Crippen LogP contribution is 2.31. The number of nitrogens with one attached hydrogen (secondary N) is 1. The number of aromatic amines is 1. The summed E-state index contributed by atoms with van der Waals surface area (Å²) in [7, 11) is 0. The molecule has 0 unspecified atom stereocenters. The second kappa shape index (κ2) is 4.67. The Morgan fingerprint density at radius 3 is 3.29 bits per heavy atom. The Hall–Kier alpha value is -1.68. The van der Waals surface area contributed by atoms with Crippen molar-refractivity contribution in [1.82, 2.24) is 15.2 Å². The summed E-state index contributed by atoms with van der Waals surface area (Å²) >= 11 is 0. The number of hydrogen-bond acceptors (Lipinski definition) is 3. The Kier molecular flexibility index (Phi) is 2.88. The smallest absolute Gasteiger partial charge is 0.0997 e. The predicted octanol–water partition coefficient (Wildman–Crippen LogP) is 2.40. The van der Waals surface area contributed by atoms with Gasteiger partial charge in [-0.1, -0.05) is 6.07 Å². The third-order valence-corrected chi connectivity index (χ3v) is 3.14. The summed E-state index contributed by atoms with van der Waals surface area (Å²) in [4.78, 5) is 4.26. The molecule has 2 aromatic heterocycles. The van der Waals surface area contributed by atoms with Crippen molar-refractivity contribution in [3.05, 3.63) is 47.5 Å². The molecule has 0 aromatic carbocycles. The van der Waals surface area contributed by atoms with Crippen LogP contribution in [0.3, 0.4) is 0 Å². The number of ether oxygens (including phenoxy) is 1. The second-order valence-electron chi connectivity index (χ2n) is 4.32. The van der Waals surface area contributed by atoms with Crippen molar-refractivity contribution >= 4 is 0 Å². The first kappa shape index (κ1) is 10.5. The molecule has 4 heteroatoms. The average molecular weight is 229 g/mol. The Bertz CT molecular complexity index is 480. The third kappa shape index (κ3) is 2.22. The lowest BCUT2D eigenvalue weighted by atomic mass is 9.96. The molecule has 0 radical (unpaired) electrons. The number of aromatic nitrogens is 3. The van der Waals surface area contributed by atoms with E-state index in [4.69, 9.17) is 4.74 Å². The molecule has 4 nitrogen and oxygen atoms in total. The summed E-state index contributed by atoms with van der Waals surface area (Å²) in [6, 6.07) is 5.88. The average Bonchev–Trinajstić information content (AvgIpc) is 2.86. The van der Waals surface area contributed by atoms with Gasteiger partial charge in [0.05, 0.1) is 30.3 Å². The summed E-state index contributed by atoms with van der Waals surface area (Å²) in [5, 5.41) is 7.14. The van der Waals surface area contributed by atoms with Crippen molar-refractivity contribution < 1.29 is 4.74 Å². The summed E-state index contributed by atoms with van der Waals surface area (Å²) in [6.45, 7) is 0.559. The fourth-order valence-electron chi connectivity index (χ4n) is 2.26. The van der Waals surface area contributed by atoms with Gasteiger partial charge in [0.1, 0.15) is 0 Å². The van der Waals surface area contributed by atoms with E-state index < -0.39 is 0 Å². The van der Waals surface area contributed by atoms with Gasteiger partial charge >= 0.3 is 0 Å². The molecule has 17 heavy (non-hydrogen) atoms.